The van der Waals surface area contributed by atoms with Crippen LogP contribution in [0.5, 0.6) is 5.75 Å². The van der Waals surface area contributed by atoms with Crippen molar-refractivity contribution in [2.75, 3.05) is 6.61 Å². The van der Waals surface area contributed by atoms with Gasteiger partial charge in [-0.15, -0.1) is 0 Å². The van der Waals surface area contributed by atoms with Crippen LogP contribution in [0.15, 0.2) is 48.5 Å². The maximum Gasteiger partial charge on any atom is 0.255 e. The molecule has 0 saturated heterocycles. The lowest BCUT2D eigenvalue weighted by Gasteiger charge is -2.07. The Morgan fingerprint density at radius 2 is 1.68 bits per heavy atom. The van der Waals surface area contributed by atoms with Gasteiger partial charge in [0.2, 0.25) is 0 Å². The lowest BCUT2D eigenvalue weighted by atomic mass is 10.2. The second-order valence-corrected chi connectivity index (χ2v) is 5.02. The van der Waals surface area contributed by atoms with Crippen LogP contribution >= 0.6 is 11.6 Å². The summed E-state index contributed by atoms with van der Waals surface area (Å²) in [5.74, 6) is -0.269. The zero-order valence-electron chi connectivity index (χ0n) is 11.7. The highest BCUT2D eigenvalue weighted by atomic mass is 35.5. The first kappa shape index (κ1) is 15.9. The SMILES string of the molecule is NC(=O)COc1ccc(C(=O)NCc2ccc(Cl)cc2)cc1. The van der Waals surface area contributed by atoms with Crippen LogP contribution in [0, 0.1) is 0 Å². The maximum absolute atomic E-state index is 12.0. The third-order valence-corrected chi connectivity index (χ3v) is 3.12. The molecule has 2 aromatic rings. The third kappa shape index (κ3) is 4.79. The molecule has 114 valence electrons. The molecule has 0 saturated carbocycles. The molecule has 2 amide bonds. The molecular formula is C16H15ClN2O3. The molecule has 2 rings (SSSR count). The Balaban J connectivity index is 1.89. The average Bonchev–Trinajstić information content (AvgIpc) is 2.52. The first-order valence-electron chi connectivity index (χ1n) is 6.58. The molecule has 0 heterocycles. The Hall–Kier alpha value is -2.53. The van der Waals surface area contributed by atoms with Crippen LogP contribution < -0.4 is 15.8 Å². The molecule has 22 heavy (non-hydrogen) atoms. The zero-order chi connectivity index (χ0) is 15.9. The van der Waals surface area contributed by atoms with Gasteiger partial charge >= 0.3 is 0 Å². The van der Waals surface area contributed by atoms with Gasteiger partial charge in [-0.05, 0) is 42.0 Å². The van der Waals surface area contributed by atoms with E-state index in [-0.39, 0.29) is 12.5 Å². The average molecular weight is 319 g/mol. The van der Waals surface area contributed by atoms with E-state index >= 15 is 0 Å². The number of ether oxygens (including phenoxy) is 1. The number of hydrogen-bond donors (Lipinski definition) is 2. The van der Waals surface area contributed by atoms with Crippen molar-refractivity contribution in [3.63, 3.8) is 0 Å². The summed E-state index contributed by atoms with van der Waals surface area (Å²) in [7, 11) is 0. The van der Waals surface area contributed by atoms with E-state index in [9.17, 15) is 9.59 Å². The lowest BCUT2D eigenvalue weighted by molar-refractivity contribution is -0.119. The van der Waals surface area contributed by atoms with Gasteiger partial charge in [-0.25, -0.2) is 0 Å². The molecule has 0 aliphatic carbocycles. The molecule has 0 bridgehead atoms. The molecule has 0 aliphatic heterocycles. The van der Waals surface area contributed by atoms with Crippen molar-refractivity contribution in [1.82, 2.24) is 5.32 Å². The van der Waals surface area contributed by atoms with Crippen LogP contribution in [-0.2, 0) is 11.3 Å². The molecule has 0 radical (unpaired) electrons. The summed E-state index contributed by atoms with van der Waals surface area (Å²) in [5.41, 5.74) is 6.44. The van der Waals surface area contributed by atoms with Gasteiger partial charge in [0.15, 0.2) is 6.61 Å². The van der Waals surface area contributed by atoms with Crippen LogP contribution in [0.4, 0.5) is 0 Å². The van der Waals surface area contributed by atoms with E-state index in [1.165, 1.54) is 0 Å². The minimum absolute atomic E-state index is 0.192. The number of nitrogens with two attached hydrogens (primary N) is 1. The normalized spacial score (nSPS) is 10.0. The van der Waals surface area contributed by atoms with Crippen molar-refractivity contribution < 1.29 is 14.3 Å². The number of benzene rings is 2. The first-order chi connectivity index (χ1) is 10.5. The number of halogens is 1. The zero-order valence-corrected chi connectivity index (χ0v) is 12.5. The fourth-order valence-corrected chi connectivity index (χ4v) is 1.87. The van der Waals surface area contributed by atoms with Crippen LogP contribution in [-0.4, -0.2) is 18.4 Å². The topological polar surface area (TPSA) is 81.4 Å². The van der Waals surface area contributed by atoms with Gasteiger partial charge in [0.1, 0.15) is 5.75 Å². The molecule has 2 aromatic carbocycles. The number of primary amides is 1. The third-order valence-electron chi connectivity index (χ3n) is 2.86. The van der Waals surface area contributed by atoms with Crippen molar-refractivity contribution in [3.05, 3.63) is 64.7 Å². The highest BCUT2D eigenvalue weighted by Gasteiger charge is 2.06. The predicted molar refractivity (Wildman–Crippen MR) is 83.8 cm³/mol. The summed E-state index contributed by atoms with van der Waals surface area (Å²) in [6.45, 7) is 0.220. The van der Waals surface area contributed by atoms with E-state index in [1.807, 2.05) is 12.1 Å². The largest absolute Gasteiger partial charge is 0.484 e. The Morgan fingerprint density at radius 1 is 1.05 bits per heavy atom. The number of nitrogens with one attached hydrogen (secondary N) is 1. The van der Waals surface area contributed by atoms with Gasteiger partial charge in [0.05, 0.1) is 0 Å². The summed E-state index contributed by atoms with van der Waals surface area (Å²) in [6, 6.07) is 13.7. The Morgan fingerprint density at radius 3 is 2.27 bits per heavy atom. The molecule has 6 heteroatoms. The van der Waals surface area contributed by atoms with Gasteiger partial charge in [-0.1, -0.05) is 23.7 Å². The fourth-order valence-electron chi connectivity index (χ4n) is 1.74. The molecule has 0 unspecified atom stereocenters. The highest BCUT2D eigenvalue weighted by molar-refractivity contribution is 6.30. The van der Waals surface area contributed by atoms with Crippen molar-refractivity contribution in [2.45, 2.75) is 6.54 Å². The highest BCUT2D eigenvalue weighted by Crippen LogP contribution is 2.13. The summed E-state index contributed by atoms with van der Waals surface area (Å²) < 4.78 is 5.12. The number of carbonyl (C=O) groups excluding carboxylic acids is 2. The maximum atomic E-state index is 12.0. The van der Waals surface area contributed by atoms with E-state index in [1.54, 1.807) is 36.4 Å². The van der Waals surface area contributed by atoms with E-state index in [0.717, 1.165) is 5.56 Å². The number of carbonyl (C=O) groups is 2. The van der Waals surface area contributed by atoms with E-state index in [2.05, 4.69) is 5.32 Å². The van der Waals surface area contributed by atoms with Gasteiger partial charge < -0.3 is 15.8 Å². The minimum atomic E-state index is -0.551. The van der Waals surface area contributed by atoms with E-state index in [4.69, 9.17) is 22.1 Å². The predicted octanol–water partition coefficient (Wildman–Crippen LogP) is 2.13. The molecule has 0 atom stereocenters. The molecule has 0 spiro atoms. The molecule has 0 aromatic heterocycles. The fraction of sp³-hybridized carbons (Fsp3) is 0.125. The standard InChI is InChI=1S/C16H15ClN2O3/c17-13-5-1-11(2-6-13)9-19-16(21)12-3-7-14(8-4-12)22-10-15(18)20/h1-8H,9-10H2,(H2,18,20)(H,19,21). The van der Waals surface area contributed by atoms with Crippen LogP contribution in [0.25, 0.3) is 0 Å². The second-order valence-electron chi connectivity index (χ2n) is 4.59. The van der Waals surface area contributed by atoms with Crippen molar-refractivity contribution in [3.8, 4) is 5.75 Å². The number of hydrogen-bond acceptors (Lipinski definition) is 3. The van der Waals surface area contributed by atoms with Gasteiger partial charge in [0, 0.05) is 17.1 Å². The number of rotatable bonds is 6. The van der Waals surface area contributed by atoms with Crippen LogP contribution in [0.1, 0.15) is 15.9 Å². The summed E-state index contributed by atoms with van der Waals surface area (Å²) in [5, 5.41) is 3.46. The van der Waals surface area contributed by atoms with Crippen LogP contribution in [0.3, 0.4) is 0 Å². The molecule has 3 N–H and O–H groups in total. The van der Waals surface area contributed by atoms with E-state index in [0.29, 0.717) is 22.9 Å². The Bertz CT molecular complexity index is 654. The quantitative estimate of drug-likeness (QED) is 0.856. The summed E-state index contributed by atoms with van der Waals surface area (Å²) in [6.07, 6.45) is 0. The van der Waals surface area contributed by atoms with Crippen molar-refractivity contribution >= 4 is 23.4 Å². The molecular weight excluding hydrogens is 304 g/mol. The van der Waals surface area contributed by atoms with Gasteiger partial charge in [0.25, 0.3) is 11.8 Å². The van der Waals surface area contributed by atoms with Crippen molar-refractivity contribution in [1.29, 1.82) is 0 Å². The van der Waals surface area contributed by atoms with E-state index < -0.39 is 5.91 Å². The first-order valence-corrected chi connectivity index (χ1v) is 6.96. The monoisotopic (exact) mass is 318 g/mol. The molecule has 5 nitrogen and oxygen atoms in total. The Kier molecular flexibility index (Phi) is 5.38. The summed E-state index contributed by atoms with van der Waals surface area (Å²) in [4.78, 5) is 22.6. The molecule has 0 aliphatic rings. The van der Waals surface area contributed by atoms with Gasteiger partial charge in [-0.3, -0.25) is 9.59 Å². The minimum Gasteiger partial charge on any atom is -0.484 e. The van der Waals surface area contributed by atoms with Crippen molar-refractivity contribution in [2.24, 2.45) is 5.73 Å². The Labute approximate surface area is 133 Å². The summed E-state index contributed by atoms with van der Waals surface area (Å²) >= 11 is 5.80. The molecule has 0 fully saturated rings. The number of amides is 2. The second kappa shape index (κ2) is 7.47. The van der Waals surface area contributed by atoms with Crippen LogP contribution in [0.2, 0.25) is 5.02 Å². The smallest absolute Gasteiger partial charge is 0.255 e. The lowest BCUT2D eigenvalue weighted by Crippen LogP contribution is -2.22. The van der Waals surface area contributed by atoms with Gasteiger partial charge in [-0.2, -0.15) is 0 Å².